The number of nitrogens with two attached hydrogens (primary N) is 1. The second-order valence-corrected chi connectivity index (χ2v) is 5.78. The van der Waals surface area contributed by atoms with Crippen molar-refractivity contribution in [3.63, 3.8) is 0 Å². The van der Waals surface area contributed by atoms with Crippen molar-refractivity contribution in [1.82, 2.24) is 15.0 Å². The zero-order chi connectivity index (χ0) is 14.1. The molecule has 7 heteroatoms. The zero-order valence-corrected chi connectivity index (χ0v) is 12.1. The van der Waals surface area contributed by atoms with Gasteiger partial charge in [0.15, 0.2) is 0 Å². The fourth-order valence-electron chi connectivity index (χ4n) is 1.88. The molecular formula is C13H11FN4S2. The maximum atomic E-state index is 12.8. The highest BCUT2D eigenvalue weighted by Crippen LogP contribution is 2.25. The molecule has 0 unspecified atom stereocenters. The van der Waals surface area contributed by atoms with Gasteiger partial charge in [0.2, 0.25) is 5.95 Å². The van der Waals surface area contributed by atoms with E-state index in [9.17, 15) is 4.39 Å². The van der Waals surface area contributed by atoms with E-state index in [1.807, 2.05) is 0 Å². The Labute approximate surface area is 124 Å². The van der Waals surface area contributed by atoms with Crippen LogP contribution in [0.1, 0.15) is 10.6 Å². The van der Waals surface area contributed by atoms with Crippen LogP contribution in [0.5, 0.6) is 0 Å². The summed E-state index contributed by atoms with van der Waals surface area (Å²) in [5.41, 5.74) is 7.34. The molecule has 0 saturated carbocycles. The number of aromatic nitrogens is 3. The lowest BCUT2D eigenvalue weighted by Gasteiger charge is -1.98. The van der Waals surface area contributed by atoms with Crippen molar-refractivity contribution in [2.45, 2.75) is 17.9 Å². The number of thiol groups is 1. The van der Waals surface area contributed by atoms with Crippen molar-refractivity contribution in [2.24, 2.45) is 0 Å². The summed E-state index contributed by atoms with van der Waals surface area (Å²) < 4.78 is 12.8. The van der Waals surface area contributed by atoms with Gasteiger partial charge < -0.3 is 5.73 Å². The Morgan fingerprint density at radius 3 is 2.60 bits per heavy atom. The van der Waals surface area contributed by atoms with Gasteiger partial charge in [0.05, 0.1) is 5.01 Å². The molecule has 3 aromatic rings. The lowest BCUT2D eigenvalue weighted by Crippen LogP contribution is -1.94. The van der Waals surface area contributed by atoms with Gasteiger partial charge in [-0.3, -0.25) is 0 Å². The van der Waals surface area contributed by atoms with Crippen LogP contribution in [0.4, 0.5) is 10.3 Å². The van der Waals surface area contributed by atoms with Crippen LogP contribution in [0.3, 0.4) is 0 Å². The van der Waals surface area contributed by atoms with Crippen LogP contribution in [0.25, 0.3) is 10.3 Å². The number of thiazole rings is 1. The highest BCUT2D eigenvalue weighted by Gasteiger charge is 2.10. The van der Waals surface area contributed by atoms with Gasteiger partial charge in [0.25, 0.3) is 0 Å². The molecule has 102 valence electrons. The molecule has 0 radical (unpaired) electrons. The van der Waals surface area contributed by atoms with Crippen LogP contribution in [-0.4, -0.2) is 15.0 Å². The first-order valence-electron chi connectivity index (χ1n) is 5.98. The normalized spacial score (nSPS) is 11.1. The highest BCUT2D eigenvalue weighted by molar-refractivity contribution is 7.80. The van der Waals surface area contributed by atoms with Crippen LogP contribution in [0.15, 0.2) is 29.3 Å². The van der Waals surface area contributed by atoms with Crippen molar-refractivity contribution >= 4 is 40.3 Å². The minimum absolute atomic E-state index is 0.205. The number of rotatable bonds is 3. The molecule has 1 aromatic carbocycles. The molecule has 2 heterocycles. The van der Waals surface area contributed by atoms with Gasteiger partial charge in [0, 0.05) is 6.42 Å². The summed E-state index contributed by atoms with van der Waals surface area (Å²) in [5, 5.41) is 1.44. The molecule has 20 heavy (non-hydrogen) atoms. The van der Waals surface area contributed by atoms with Crippen LogP contribution in [0, 0.1) is 5.82 Å². The van der Waals surface area contributed by atoms with E-state index in [4.69, 9.17) is 5.73 Å². The Bertz CT molecular complexity index is 755. The third kappa shape index (κ3) is 2.73. The van der Waals surface area contributed by atoms with Crippen LogP contribution >= 0.6 is 24.0 Å². The summed E-state index contributed by atoms with van der Waals surface area (Å²) in [6.07, 6.45) is 1.56. The first kappa shape index (κ1) is 13.3. The van der Waals surface area contributed by atoms with Gasteiger partial charge in [-0.2, -0.15) is 0 Å². The van der Waals surface area contributed by atoms with E-state index in [0.717, 1.165) is 28.2 Å². The molecule has 0 bridgehead atoms. The molecule has 0 aliphatic rings. The van der Waals surface area contributed by atoms with Gasteiger partial charge in [-0.05, 0) is 24.1 Å². The van der Waals surface area contributed by atoms with Gasteiger partial charge in [-0.1, -0.05) is 23.5 Å². The number of aryl methyl sites for hydroxylation is 2. The molecule has 0 spiro atoms. The monoisotopic (exact) mass is 306 g/mol. The molecule has 0 saturated heterocycles. The number of hydrogen-bond acceptors (Lipinski definition) is 6. The Balaban J connectivity index is 1.81. The maximum Gasteiger partial charge on any atom is 0.222 e. The summed E-state index contributed by atoms with van der Waals surface area (Å²) in [5.74, 6) is -0.0181. The number of nitrogens with zero attached hydrogens (tertiary/aromatic N) is 3. The minimum atomic E-state index is -0.223. The molecule has 2 N–H and O–H groups in total. The molecule has 4 nitrogen and oxygen atoms in total. The maximum absolute atomic E-state index is 12.8. The molecule has 3 rings (SSSR count). The Morgan fingerprint density at radius 1 is 1.10 bits per heavy atom. The Morgan fingerprint density at radius 2 is 1.85 bits per heavy atom. The summed E-state index contributed by atoms with van der Waals surface area (Å²) in [4.78, 5) is 13.3. The van der Waals surface area contributed by atoms with Crippen LogP contribution in [0.2, 0.25) is 0 Å². The van der Waals surface area contributed by atoms with Gasteiger partial charge in [0.1, 0.15) is 21.2 Å². The topological polar surface area (TPSA) is 64.7 Å². The number of nitrogen functional groups attached to an aromatic ring is 1. The fraction of sp³-hybridized carbons (Fsp3) is 0.154. The summed E-state index contributed by atoms with van der Waals surface area (Å²) in [6, 6.07) is 6.49. The molecule has 0 aliphatic heterocycles. The predicted octanol–water partition coefficient (Wildman–Crippen LogP) is 2.88. The SMILES string of the molecule is Nc1nc(S)c2nc(CCc3ccc(F)cc3)sc2n1. The molecule has 0 amide bonds. The van der Waals surface area contributed by atoms with E-state index < -0.39 is 0 Å². The minimum Gasteiger partial charge on any atom is -0.368 e. The van der Waals surface area contributed by atoms with E-state index in [2.05, 4.69) is 27.6 Å². The predicted molar refractivity (Wildman–Crippen MR) is 80.7 cm³/mol. The van der Waals surface area contributed by atoms with Gasteiger partial charge in [-0.25, -0.2) is 19.3 Å². The van der Waals surface area contributed by atoms with E-state index >= 15 is 0 Å². The van der Waals surface area contributed by atoms with E-state index in [0.29, 0.717) is 10.5 Å². The number of hydrogen-bond donors (Lipinski definition) is 2. The number of anilines is 1. The quantitative estimate of drug-likeness (QED) is 0.577. The van der Waals surface area contributed by atoms with Gasteiger partial charge in [-0.15, -0.1) is 12.6 Å². The standard InChI is InChI=1S/C13H11FN4S2/c14-8-4-1-7(2-5-8)3-6-9-16-10-11(19)17-13(15)18-12(10)20-9/h1-2,4-5H,3,6H2,(H3,15,17,18,19). The molecule has 0 atom stereocenters. The third-order valence-corrected chi connectivity index (χ3v) is 4.16. The van der Waals surface area contributed by atoms with Gasteiger partial charge >= 0.3 is 0 Å². The molecule has 0 fully saturated rings. The van der Waals surface area contributed by atoms with Crippen molar-refractivity contribution < 1.29 is 4.39 Å². The van der Waals surface area contributed by atoms with Crippen molar-refractivity contribution in [2.75, 3.05) is 5.73 Å². The van der Waals surface area contributed by atoms with Crippen molar-refractivity contribution in [3.8, 4) is 0 Å². The lowest BCUT2D eigenvalue weighted by atomic mass is 10.1. The fourth-order valence-corrected chi connectivity index (χ4v) is 3.15. The second-order valence-electron chi connectivity index (χ2n) is 4.29. The second kappa shape index (κ2) is 5.34. The van der Waals surface area contributed by atoms with E-state index in [1.54, 1.807) is 12.1 Å². The first-order valence-corrected chi connectivity index (χ1v) is 7.24. The Kier molecular flexibility index (Phi) is 3.54. The first-order chi connectivity index (χ1) is 9.61. The number of benzene rings is 1. The summed E-state index contributed by atoms with van der Waals surface area (Å²) >= 11 is 5.74. The lowest BCUT2D eigenvalue weighted by molar-refractivity contribution is 0.627. The van der Waals surface area contributed by atoms with E-state index in [-0.39, 0.29) is 11.8 Å². The average molecular weight is 306 g/mol. The third-order valence-electron chi connectivity index (χ3n) is 2.84. The Hall–Kier alpha value is -1.73. The summed E-state index contributed by atoms with van der Waals surface area (Å²) in [7, 11) is 0. The average Bonchev–Trinajstić information content (AvgIpc) is 2.81. The molecule has 2 aromatic heterocycles. The summed E-state index contributed by atoms with van der Waals surface area (Å²) in [6.45, 7) is 0. The number of fused-ring (bicyclic) bond motifs is 1. The molecule has 0 aliphatic carbocycles. The molecular weight excluding hydrogens is 295 g/mol. The number of halogens is 1. The smallest absolute Gasteiger partial charge is 0.222 e. The van der Waals surface area contributed by atoms with E-state index in [1.165, 1.54) is 23.5 Å². The zero-order valence-electron chi connectivity index (χ0n) is 10.4. The highest BCUT2D eigenvalue weighted by atomic mass is 32.1. The largest absolute Gasteiger partial charge is 0.368 e. The van der Waals surface area contributed by atoms with Crippen molar-refractivity contribution in [1.29, 1.82) is 0 Å². The van der Waals surface area contributed by atoms with Crippen LogP contribution in [-0.2, 0) is 12.8 Å². The van der Waals surface area contributed by atoms with Crippen molar-refractivity contribution in [3.05, 3.63) is 40.7 Å². The van der Waals surface area contributed by atoms with Crippen LogP contribution < -0.4 is 5.73 Å².